The molecule has 0 aliphatic rings. The molecule has 0 saturated carbocycles. The van der Waals surface area contributed by atoms with Gasteiger partial charge < -0.3 is 15.8 Å². The number of rotatable bonds is 4. The SMILES string of the molecule is COc1cccc(C(=O)NC(C)c2ccncc2)c1N. The zero-order valence-electron chi connectivity index (χ0n) is 11.5. The summed E-state index contributed by atoms with van der Waals surface area (Å²) < 4.78 is 5.11. The van der Waals surface area contributed by atoms with Crippen molar-refractivity contribution in [2.24, 2.45) is 0 Å². The van der Waals surface area contributed by atoms with Gasteiger partial charge in [-0.25, -0.2) is 0 Å². The monoisotopic (exact) mass is 271 g/mol. The maximum absolute atomic E-state index is 12.3. The van der Waals surface area contributed by atoms with Crippen LogP contribution in [0.15, 0.2) is 42.7 Å². The van der Waals surface area contributed by atoms with Gasteiger partial charge in [-0.05, 0) is 36.8 Å². The van der Waals surface area contributed by atoms with Crippen LogP contribution in [0.1, 0.15) is 28.9 Å². The number of carbonyl (C=O) groups is 1. The van der Waals surface area contributed by atoms with Crippen LogP contribution in [0.3, 0.4) is 0 Å². The number of carbonyl (C=O) groups excluding carboxylic acids is 1. The number of nitrogens with two attached hydrogens (primary N) is 1. The van der Waals surface area contributed by atoms with E-state index in [0.29, 0.717) is 17.0 Å². The van der Waals surface area contributed by atoms with E-state index in [4.69, 9.17) is 10.5 Å². The smallest absolute Gasteiger partial charge is 0.253 e. The molecule has 0 fully saturated rings. The molecular formula is C15H17N3O2. The Morgan fingerprint density at radius 2 is 2.00 bits per heavy atom. The molecule has 1 aromatic carbocycles. The summed E-state index contributed by atoms with van der Waals surface area (Å²) in [5.41, 5.74) is 7.64. The van der Waals surface area contributed by atoms with E-state index in [9.17, 15) is 4.79 Å². The van der Waals surface area contributed by atoms with E-state index < -0.39 is 0 Å². The number of ether oxygens (including phenoxy) is 1. The molecule has 3 N–H and O–H groups in total. The topological polar surface area (TPSA) is 77.2 Å². The highest BCUT2D eigenvalue weighted by molar-refractivity contribution is 6.00. The molecule has 20 heavy (non-hydrogen) atoms. The van der Waals surface area contributed by atoms with Crippen LogP contribution in [-0.2, 0) is 0 Å². The summed E-state index contributed by atoms with van der Waals surface area (Å²) in [6, 6.07) is 8.72. The number of anilines is 1. The van der Waals surface area contributed by atoms with Crippen LogP contribution in [0.2, 0.25) is 0 Å². The van der Waals surface area contributed by atoms with Crippen molar-refractivity contribution in [3.63, 3.8) is 0 Å². The van der Waals surface area contributed by atoms with Gasteiger partial charge in [-0.1, -0.05) is 6.07 Å². The van der Waals surface area contributed by atoms with Gasteiger partial charge in [0.2, 0.25) is 0 Å². The lowest BCUT2D eigenvalue weighted by Gasteiger charge is -2.15. The Bertz CT molecular complexity index is 599. The highest BCUT2D eigenvalue weighted by atomic mass is 16.5. The second-order valence-corrected chi connectivity index (χ2v) is 4.40. The molecule has 2 aromatic rings. The summed E-state index contributed by atoms with van der Waals surface area (Å²) in [4.78, 5) is 16.2. The Kier molecular flexibility index (Phi) is 4.20. The molecule has 0 radical (unpaired) electrons. The number of amides is 1. The first kappa shape index (κ1) is 13.9. The number of hydrogen-bond donors (Lipinski definition) is 2. The molecule has 0 aliphatic heterocycles. The van der Waals surface area contributed by atoms with Gasteiger partial charge in [-0.3, -0.25) is 9.78 Å². The number of nitrogens with one attached hydrogen (secondary N) is 1. The minimum atomic E-state index is -0.231. The van der Waals surface area contributed by atoms with Crippen LogP contribution in [0.5, 0.6) is 5.75 Å². The maximum Gasteiger partial charge on any atom is 0.253 e. The first-order valence-electron chi connectivity index (χ1n) is 6.26. The second-order valence-electron chi connectivity index (χ2n) is 4.40. The van der Waals surface area contributed by atoms with E-state index in [1.165, 1.54) is 7.11 Å². The summed E-state index contributed by atoms with van der Waals surface area (Å²) >= 11 is 0. The van der Waals surface area contributed by atoms with E-state index in [-0.39, 0.29) is 11.9 Å². The average Bonchev–Trinajstić information content (AvgIpc) is 2.48. The zero-order valence-corrected chi connectivity index (χ0v) is 11.5. The largest absolute Gasteiger partial charge is 0.495 e. The standard InChI is InChI=1S/C15H17N3O2/c1-10(11-6-8-17-9-7-11)18-15(19)12-4-3-5-13(20-2)14(12)16/h3-10H,16H2,1-2H3,(H,18,19). The molecule has 1 heterocycles. The van der Waals surface area contributed by atoms with Crippen molar-refractivity contribution in [3.05, 3.63) is 53.9 Å². The molecular weight excluding hydrogens is 254 g/mol. The van der Waals surface area contributed by atoms with E-state index in [1.54, 1.807) is 30.6 Å². The predicted molar refractivity (Wildman–Crippen MR) is 77.5 cm³/mol. The fourth-order valence-corrected chi connectivity index (χ4v) is 1.93. The molecule has 0 saturated heterocycles. The van der Waals surface area contributed by atoms with Crippen molar-refractivity contribution >= 4 is 11.6 Å². The minimum Gasteiger partial charge on any atom is -0.495 e. The van der Waals surface area contributed by atoms with Gasteiger partial charge >= 0.3 is 0 Å². The van der Waals surface area contributed by atoms with E-state index in [2.05, 4.69) is 10.3 Å². The van der Waals surface area contributed by atoms with Crippen LogP contribution in [-0.4, -0.2) is 18.0 Å². The Morgan fingerprint density at radius 1 is 1.30 bits per heavy atom. The number of hydrogen-bond acceptors (Lipinski definition) is 4. The third-order valence-electron chi connectivity index (χ3n) is 3.08. The molecule has 1 amide bonds. The van der Waals surface area contributed by atoms with Crippen molar-refractivity contribution in [1.29, 1.82) is 0 Å². The molecule has 5 nitrogen and oxygen atoms in total. The van der Waals surface area contributed by atoms with Crippen LogP contribution < -0.4 is 15.8 Å². The molecule has 1 unspecified atom stereocenters. The molecule has 1 atom stereocenters. The van der Waals surface area contributed by atoms with Crippen molar-refractivity contribution in [1.82, 2.24) is 10.3 Å². The maximum atomic E-state index is 12.3. The van der Waals surface area contributed by atoms with Gasteiger partial charge in [0.05, 0.1) is 24.4 Å². The minimum absolute atomic E-state index is 0.129. The molecule has 104 valence electrons. The number of nitrogen functional groups attached to an aromatic ring is 1. The normalized spacial score (nSPS) is 11.7. The fraction of sp³-hybridized carbons (Fsp3) is 0.200. The van der Waals surface area contributed by atoms with Crippen LogP contribution in [0.25, 0.3) is 0 Å². The van der Waals surface area contributed by atoms with E-state index in [1.807, 2.05) is 19.1 Å². The van der Waals surface area contributed by atoms with Gasteiger partial charge in [0.15, 0.2) is 0 Å². The third-order valence-corrected chi connectivity index (χ3v) is 3.08. The van der Waals surface area contributed by atoms with Gasteiger partial charge in [-0.2, -0.15) is 0 Å². The number of aromatic nitrogens is 1. The first-order valence-corrected chi connectivity index (χ1v) is 6.26. The lowest BCUT2D eigenvalue weighted by molar-refractivity contribution is 0.0940. The van der Waals surface area contributed by atoms with Gasteiger partial charge in [0.1, 0.15) is 5.75 Å². The second kappa shape index (κ2) is 6.06. The highest BCUT2D eigenvalue weighted by Crippen LogP contribution is 2.25. The first-order chi connectivity index (χ1) is 9.63. The summed E-state index contributed by atoms with van der Waals surface area (Å²) in [6.07, 6.45) is 3.38. The van der Waals surface area contributed by atoms with Gasteiger partial charge in [0, 0.05) is 12.4 Å². The van der Waals surface area contributed by atoms with Gasteiger partial charge in [-0.15, -0.1) is 0 Å². The quantitative estimate of drug-likeness (QED) is 0.835. The van der Waals surface area contributed by atoms with E-state index in [0.717, 1.165) is 5.56 Å². The number of pyridine rings is 1. The lowest BCUT2D eigenvalue weighted by atomic mass is 10.1. The number of para-hydroxylation sites is 1. The highest BCUT2D eigenvalue weighted by Gasteiger charge is 2.15. The summed E-state index contributed by atoms with van der Waals surface area (Å²) in [7, 11) is 1.52. The Balaban J connectivity index is 2.17. The Hall–Kier alpha value is -2.56. The molecule has 0 aliphatic carbocycles. The van der Waals surface area contributed by atoms with Crippen LogP contribution in [0.4, 0.5) is 5.69 Å². The average molecular weight is 271 g/mol. The Morgan fingerprint density at radius 3 is 2.65 bits per heavy atom. The Labute approximate surface area is 117 Å². The molecule has 0 spiro atoms. The van der Waals surface area contributed by atoms with Crippen molar-refractivity contribution in [2.45, 2.75) is 13.0 Å². The van der Waals surface area contributed by atoms with Crippen LogP contribution in [0, 0.1) is 0 Å². The third kappa shape index (κ3) is 2.88. The molecule has 1 aromatic heterocycles. The molecule has 0 bridgehead atoms. The van der Waals surface area contributed by atoms with Crippen molar-refractivity contribution in [3.8, 4) is 5.75 Å². The van der Waals surface area contributed by atoms with Crippen molar-refractivity contribution in [2.75, 3.05) is 12.8 Å². The predicted octanol–water partition coefficient (Wildman–Crippen LogP) is 2.16. The van der Waals surface area contributed by atoms with Crippen LogP contribution >= 0.6 is 0 Å². The molecule has 2 rings (SSSR count). The zero-order chi connectivity index (χ0) is 14.5. The fourth-order valence-electron chi connectivity index (χ4n) is 1.93. The number of methoxy groups -OCH3 is 1. The molecule has 5 heteroatoms. The summed E-state index contributed by atoms with van der Waals surface area (Å²) in [5, 5.41) is 2.90. The van der Waals surface area contributed by atoms with Crippen molar-refractivity contribution < 1.29 is 9.53 Å². The lowest BCUT2D eigenvalue weighted by Crippen LogP contribution is -2.27. The summed E-state index contributed by atoms with van der Waals surface area (Å²) in [6.45, 7) is 1.91. The van der Waals surface area contributed by atoms with Gasteiger partial charge in [0.25, 0.3) is 5.91 Å². The van der Waals surface area contributed by atoms with E-state index >= 15 is 0 Å². The summed E-state index contributed by atoms with van der Waals surface area (Å²) in [5.74, 6) is 0.264. The number of benzene rings is 1. The number of nitrogens with zero attached hydrogens (tertiary/aromatic N) is 1.